The SMILES string of the molecule is O=C(NCCS(=O)(=O)N1CCOCC1)NCc1cccc(OCC(F)(F)F)c1. The average Bonchev–Trinajstić information content (AvgIpc) is 2.65. The number of morpholine rings is 1. The highest BCUT2D eigenvalue weighted by Gasteiger charge is 2.28. The van der Waals surface area contributed by atoms with Crippen LogP contribution in [-0.4, -0.2) is 70.1 Å². The summed E-state index contributed by atoms with van der Waals surface area (Å²) in [6.07, 6.45) is -4.43. The van der Waals surface area contributed by atoms with Crippen LogP contribution in [0.3, 0.4) is 0 Å². The van der Waals surface area contributed by atoms with Crippen LogP contribution in [0, 0.1) is 0 Å². The molecule has 2 amide bonds. The van der Waals surface area contributed by atoms with Crippen LogP contribution >= 0.6 is 0 Å². The van der Waals surface area contributed by atoms with E-state index in [4.69, 9.17) is 4.74 Å². The van der Waals surface area contributed by atoms with E-state index in [9.17, 15) is 26.4 Å². The summed E-state index contributed by atoms with van der Waals surface area (Å²) in [4.78, 5) is 11.8. The first-order chi connectivity index (χ1) is 13.2. The van der Waals surface area contributed by atoms with Crippen LogP contribution in [0.5, 0.6) is 5.75 Å². The second-order valence-electron chi connectivity index (χ2n) is 5.99. The summed E-state index contributed by atoms with van der Waals surface area (Å²) < 4.78 is 71.8. The number of halogens is 3. The van der Waals surface area contributed by atoms with Crippen molar-refractivity contribution in [2.45, 2.75) is 12.7 Å². The minimum absolute atomic E-state index is 0.0358. The Bertz CT molecular complexity index is 752. The fourth-order valence-corrected chi connectivity index (χ4v) is 3.73. The third kappa shape index (κ3) is 7.90. The number of carbonyl (C=O) groups excluding carboxylic acids is 1. The first kappa shape index (κ1) is 22.2. The van der Waals surface area contributed by atoms with Gasteiger partial charge in [0.25, 0.3) is 0 Å². The third-order valence-electron chi connectivity index (χ3n) is 3.76. The third-order valence-corrected chi connectivity index (χ3v) is 5.63. The van der Waals surface area contributed by atoms with Gasteiger partial charge >= 0.3 is 12.2 Å². The normalized spacial score (nSPS) is 15.8. The molecule has 2 N–H and O–H groups in total. The van der Waals surface area contributed by atoms with E-state index in [0.29, 0.717) is 31.9 Å². The van der Waals surface area contributed by atoms with E-state index in [1.54, 1.807) is 6.07 Å². The number of nitrogens with zero attached hydrogens (tertiary/aromatic N) is 1. The van der Waals surface area contributed by atoms with E-state index < -0.39 is 28.8 Å². The van der Waals surface area contributed by atoms with Crippen LogP contribution in [0.2, 0.25) is 0 Å². The molecule has 0 aliphatic carbocycles. The van der Waals surface area contributed by atoms with Crippen molar-refractivity contribution in [2.24, 2.45) is 0 Å². The first-order valence-electron chi connectivity index (χ1n) is 8.51. The monoisotopic (exact) mass is 425 g/mol. The maximum atomic E-state index is 12.2. The van der Waals surface area contributed by atoms with Gasteiger partial charge in [-0.1, -0.05) is 12.1 Å². The average molecular weight is 425 g/mol. The quantitative estimate of drug-likeness (QED) is 0.650. The molecule has 1 aliphatic heterocycles. The lowest BCUT2D eigenvalue weighted by Gasteiger charge is -2.26. The molecule has 0 radical (unpaired) electrons. The Morgan fingerprint density at radius 2 is 1.93 bits per heavy atom. The standard InChI is InChI=1S/C16H22F3N3O5S/c17-16(18,19)12-27-14-3-1-2-13(10-14)11-21-15(23)20-4-9-28(24,25)22-5-7-26-8-6-22/h1-3,10H,4-9,11-12H2,(H2,20,21,23). The molecule has 0 unspecified atom stereocenters. The molecule has 1 heterocycles. The number of urea groups is 1. The molecule has 0 spiro atoms. The summed E-state index contributed by atoms with van der Waals surface area (Å²) in [5.74, 6) is -0.199. The van der Waals surface area contributed by atoms with Crippen molar-refractivity contribution in [1.29, 1.82) is 0 Å². The summed E-state index contributed by atoms with van der Waals surface area (Å²) >= 11 is 0. The van der Waals surface area contributed by atoms with Crippen molar-refractivity contribution in [3.8, 4) is 5.75 Å². The Kier molecular flexibility index (Phi) is 7.89. The molecule has 28 heavy (non-hydrogen) atoms. The zero-order valence-corrected chi connectivity index (χ0v) is 15.8. The van der Waals surface area contributed by atoms with Crippen molar-refractivity contribution in [1.82, 2.24) is 14.9 Å². The number of hydrogen-bond acceptors (Lipinski definition) is 5. The Balaban J connectivity index is 1.72. The molecule has 158 valence electrons. The van der Waals surface area contributed by atoms with Gasteiger partial charge in [-0.2, -0.15) is 17.5 Å². The van der Waals surface area contributed by atoms with Gasteiger partial charge in [0.2, 0.25) is 10.0 Å². The summed E-state index contributed by atoms with van der Waals surface area (Å²) in [7, 11) is -3.47. The van der Waals surface area contributed by atoms with Gasteiger partial charge in [0.1, 0.15) is 5.75 Å². The highest BCUT2D eigenvalue weighted by molar-refractivity contribution is 7.89. The van der Waals surface area contributed by atoms with Crippen molar-refractivity contribution in [3.63, 3.8) is 0 Å². The van der Waals surface area contributed by atoms with Gasteiger partial charge in [0, 0.05) is 26.2 Å². The number of rotatable bonds is 8. The van der Waals surface area contributed by atoms with Crippen LogP contribution in [0.15, 0.2) is 24.3 Å². The summed E-state index contributed by atoms with van der Waals surface area (Å²) in [5, 5.41) is 4.95. The van der Waals surface area contributed by atoms with E-state index >= 15 is 0 Å². The molecule has 0 aromatic heterocycles. The van der Waals surface area contributed by atoms with Gasteiger partial charge in [0.15, 0.2) is 6.61 Å². The summed E-state index contributed by atoms with van der Waals surface area (Å²) in [5.41, 5.74) is 0.538. The predicted molar refractivity (Wildman–Crippen MR) is 94.4 cm³/mol. The second kappa shape index (κ2) is 9.94. The highest BCUT2D eigenvalue weighted by atomic mass is 32.2. The Labute approximate surface area is 161 Å². The topological polar surface area (TPSA) is 97.0 Å². The lowest BCUT2D eigenvalue weighted by molar-refractivity contribution is -0.153. The molecule has 2 rings (SSSR count). The van der Waals surface area contributed by atoms with Gasteiger partial charge in [-0.15, -0.1) is 0 Å². The predicted octanol–water partition coefficient (Wildman–Crippen LogP) is 1.09. The molecule has 1 aliphatic rings. The number of ether oxygens (including phenoxy) is 2. The number of hydrogen-bond donors (Lipinski definition) is 2. The maximum absolute atomic E-state index is 12.2. The molecule has 8 nitrogen and oxygen atoms in total. The van der Waals surface area contributed by atoms with E-state index in [1.165, 1.54) is 22.5 Å². The maximum Gasteiger partial charge on any atom is 0.422 e. The second-order valence-corrected chi connectivity index (χ2v) is 8.08. The first-order valence-corrected chi connectivity index (χ1v) is 10.1. The van der Waals surface area contributed by atoms with Gasteiger partial charge in [-0.3, -0.25) is 0 Å². The largest absolute Gasteiger partial charge is 0.484 e. The molecular formula is C16H22F3N3O5S. The highest BCUT2D eigenvalue weighted by Crippen LogP contribution is 2.19. The smallest absolute Gasteiger partial charge is 0.422 e. The molecule has 1 saturated heterocycles. The van der Waals surface area contributed by atoms with E-state index in [2.05, 4.69) is 15.4 Å². The molecule has 12 heteroatoms. The van der Waals surface area contributed by atoms with E-state index in [-0.39, 0.29) is 24.6 Å². The van der Waals surface area contributed by atoms with Gasteiger partial charge in [-0.05, 0) is 17.7 Å². The Hall–Kier alpha value is -2.05. The lowest BCUT2D eigenvalue weighted by Crippen LogP contribution is -2.44. The summed E-state index contributed by atoms with van der Waals surface area (Å²) in [6.45, 7) is -0.145. The van der Waals surface area contributed by atoms with Crippen molar-refractivity contribution < 1.29 is 35.9 Å². The van der Waals surface area contributed by atoms with E-state index in [0.717, 1.165) is 0 Å². The molecular weight excluding hydrogens is 403 g/mol. The zero-order valence-electron chi connectivity index (χ0n) is 15.0. The van der Waals surface area contributed by atoms with E-state index in [1.807, 2.05) is 0 Å². The van der Waals surface area contributed by atoms with Crippen molar-refractivity contribution in [3.05, 3.63) is 29.8 Å². The number of carbonyl (C=O) groups is 1. The van der Waals surface area contributed by atoms with Crippen molar-refractivity contribution >= 4 is 16.1 Å². The van der Waals surface area contributed by atoms with Gasteiger partial charge in [0.05, 0.1) is 19.0 Å². The molecule has 0 saturated carbocycles. The summed E-state index contributed by atoms with van der Waals surface area (Å²) in [6, 6.07) is 5.30. The van der Waals surface area contributed by atoms with Crippen LogP contribution in [0.4, 0.5) is 18.0 Å². The van der Waals surface area contributed by atoms with Crippen LogP contribution in [0.25, 0.3) is 0 Å². The molecule has 1 aromatic rings. The van der Waals surface area contributed by atoms with Gasteiger partial charge in [-0.25, -0.2) is 13.2 Å². The molecule has 0 bridgehead atoms. The molecule has 1 aromatic carbocycles. The number of sulfonamides is 1. The van der Waals surface area contributed by atoms with Crippen LogP contribution < -0.4 is 15.4 Å². The minimum Gasteiger partial charge on any atom is -0.484 e. The number of nitrogens with one attached hydrogen (secondary N) is 2. The van der Waals surface area contributed by atoms with Crippen LogP contribution in [-0.2, 0) is 21.3 Å². The molecule has 1 fully saturated rings. The Morgan fingerprint density at radius 1 is 1.21 bits per heavy atom. The van der Waals surface area contributed by atoms with Crippen molar-refractivity contribution in [2.75, 3.05) is 45.2 Å². The fourth-order valence-electron chi connectivity index (χ4n) is 2.40. The number of amides is 2. The number of benzene rings is 1. The van der Waals surface area contributed by atoms with Crippen LogP contribution in [0.1, 0.15) is 5.56 Å². The Morgan fingerprint density at radius 3 is 2.61 bits per heavy atom. The zero-order chi connectivity index (χ0) is 20.6. The minimum atomic E-state index is -4.43. The fraction of sp³-hybridized carbons (Fsp3) is 0.562. The number of alkyl halides is 3. The molecule has 0 atom stereocenters. The lowest BCUT2D eigenvalue weighted by atomic mass is 10.2. The van der Waals surface area contributed by atoms with Gasteiger partial charge < -0.3 is 20.1 Å².